The van der Waals surface area contributed by atoms with Gasteiger partial charge < -0.3 is 53.7 Å². The Morgan fingerprint density at radius 1 is 0.746 bits per heavy atom. The molecule has 2 amide bonds. The highest BCUT2D eigenvalue weighted by Crippen LogP contribution is 2.52. The second-order valence-corrected chi connectivity index (χ2v) is 20.6. The van der Waals surface area contributed by atoms with Crippen molar-refractivity contribution in [1.82, 2.24) is 9.55 Å². The van der Waals surface area contributed by atoms with Gasteiger partial charge in [-0.3, -0.25) is 9.59 Å². The van der Waals surface area contributed by atoms with Gasteiger partial charge in [0.25, 0.3) is 0 Å². The molecule has 5 heterocycles. The van der Waals surface area contributed by atoms with Crippen LogP contribution < -0.4 is 29.6 Å². The molecule has 0 bridgehead atoms. The zero-order valence-electron chi connectivity index (χ0n) is 39.3. The van der Waals surface area contributed by atoms with Crippen LogP contribution in [0.4, 0.5) is 11.4 Å². The Kier molecular flexibility index (Phi) is 12.5. The van der Waals surface area contributed by atoms with Gasteiger partial charge in [-0.25, -0.2) is 0 Å². The smallest absolute Gasteiger partial charge is 0.235 e. The lowest BCUT2D eigenvalue weighted by molar-refractivity contribution is -0.119. The molecule has 0 radical (unpaired) electrons. The number of hydrogen-bond acceptors (Lipinski definition) is 9. The third kappa shape index (κ3) is 9.83. The molecule has 3 aliphatic heterocycles. The minimum absolute atomic E-state index is 0.00305. The number of rotatable bonds is 11. The van der Waals surface area contributed by atoms with Crippen molar-refractivity contribution in [3.8, 4) is 23.0 Å². The van der Waals surface area contributed by atoms with Crippen molar-refractivity contribution in [2.24, 2.45) is 0 Å². The molecule has 4 N–H and O–H groups in total. The molecule has 14 heteroatoms. The van der Waals surface area contributed by atoms with Crippen molar-refractivity contribution in [1.29, 1.82) is 0 Å². The van der Waals surface area contributed by atoms with Gasteiger partial charge in [0.15, 0.2) is 23.0 Å². The van der Waals surface area contributed by atoms with Crippen LogP contribution >= 0.6 is 11.6 Å². The second kappa shape index (κ2) is 18.1. The van der Waals surface area contributed by atoms with E-state index < -0.39 is 16.9 Å². The van der Waals surface area contributed by atoms with Crippen LogP contribution in [0, 0.1) is 0 Å². The molecule has 11 rings (SSSR count). The predicted molar refractivity (Wildman–Crippen MR) is 260 cm³/mol. The fraction of sp³-hybridized carbons (Fsp3) is 0.434. The lowest BCUT2D eigenvalue weighted by atomic mass is 9.92. The van der Waals surface area contributed by atoms with E-state index >= 15 is 0 Å². The lowest BCUT2D eigenvalue weighted by Crippen LogP contribution is -2.27. The van der Waals surface area contributed by atoms with Crippen LogP contribution in [0.15, 0.2) is 84.9 Å². The van der Waals surface area contributed by atoms with Gasteiger partial charge in [0.05, 0.1) is 48.7 Å². The number of aliphatic hydroxyl groups is 1. The van der Waals surface area contributed by atoms with E-state index in [0.29, 0.717) is 24.3 Å². The Morgan fingerprint density at radius 2 is 1.28 bits per heavy atom. The van der Waals surface area contributed by atoms with Gasteiger partial charge in [-0.1, -0.05) is 53.7 Å². The van der Waals surface area contributed by atoms with Crippen LogP contribution in [0.25, 0.3) is 21.8 Å². The number of methoxy groups -OCH3 is 1. The topological polar surface area (TPSA) is 158 Å². The Labute approximate surface area is 396 Å². The Morgan fingerprint density at radius 3 is 1.76 bits per heavy atom. The second-order valence-electron chi connectivity index (χ2n) is 20.3. The summed E-state index contributed by atoms with van der Waals surface area (Å²) in [6.45, 7) is 15.1. The number of carbonyl (C=O) groups is 2. The van der Waals surface area contributed by atoms with E-state index in [1.807, 2.05) is 72.8 Å². The number of benzene rings is 4. The largest absolute Gasteiger partial charge is 0.454 e. The molecule has 2 saturated carbocycles. The van der Waals surface area contributed by atoms with Crippen LogP contribution in [-0.4, -0.2) is 78.5 Å². The molecule has 3 fully saturated rings. The number of aliphatic hydroxyl groups excluding tert-OH is 1. The summed E-state index contributed by atoms with van der Waals surface area (Å²) in [6, 6.07) is 27.9. The summed E-state index contributed by atoms with van der Waals surface area (Å²) in [4.78, 5) is 29.9. The third-order valence-corrected chi connectivity index (χ3v) is 13.5. The molecule has 5 aliphatic rings. The lowest BCUT2D eigenvalue weighted by Gasteiger charge is -2.23. The summed E-state index contributed by atoms with van der Waals surface area (Å²) in [6.07, 6.45) is 3.11. The first kappa shape index (κ1) is 46.4. The van der Waals surface area contributed by atoms with E-state index in [0.717, 1.165) is 99.5 Å². The molecule has 4 aromatic carbocycles. The number of carbonyl (C=O) groups excluding carboxylic acids is 2. The summed E-state index contributed by atoms with van der Waals surface area (Å²) >= 11 is 5.27. The van der Waals surface area contributed by atoms with Gasteiger partial charge in [0.1, 0.15) is 0 Å². The maximum atomic E-state index is 13.3. The number of halogens is 1. The van der Waals surface area contributed by atoms with E-state index in [9.17, 15) is 14.7 Å². The molecule has 1 saturated heterocycles. The number of aromatic amines is 1. The molecule has 2 unspecified atom stereocenters. The molecule has 2 aliphatic carbocycles. The zero-order chi connectivity index (χ0) is 47.3. The van der Waals surface area contributed by atoms with Crippen molar-refractivity contribution < 1.29 is 43.1 Å². The molecule has 354 valence electrons. The van der Waals surface area contributed by atoms with Crippen LogP contribution in [-0.2, 0) is 47.3 Å². The Balaban J connectivity index is 0.000000154. The Bertz CT molecular complexity index is 2810. The molecular formula is C53H61ClN4O9. The average molecular weight is 934 g/mol. The number of nitrogens with zero attached hydrogens (tertiary/aromatic N) is 1. The van der Waals surface area contributed by atoms with Crippen LogP contribution in [0.2, 0.25) is 0 Å². The molecule has 13 nitrogen and oxygen atoms in total. The minimum Gasteiger partial charge on any atom is -0.454 e. The maximum absolute atomic E-state index is 13.3. The van der Waals surface area contributed by atoms with Gasteiger partial charge in [0.2, 0.25) is 25.4 Å². The predicted octanol–water partition coefficient (Wildman–Crippen LogP) is 9.83. The molecule has 2 aromatic heterocycles. The highest BCUT2D eigenvalue weighted by molar-refractivity contribution is 6.18. The summed E-state index contributed by atoms with van der Waals surface area (Å²) in [5.41, 5.74) is 6.92. The molecular weight excluding hydrogens is 872 g/mol. The van der Waals surface area contributed by atoms with E-state index in [2.05, 4.69) is 73.9 Å². The number of amides is 2. The number of fused-ring (bicyclic) bond motifs is 4. The minimum atomic E-state index is -0.600. The first-order valence-electron chi connectivity index (χ1n) is 23.0. The molecule has 2 atom stereocenters. The van der Waals surface area contributed by atoms with Crippen LogP contribution in [0.1, 0.15) is 89.7 Å². The number of ether oxygens (including phenoxy) is 6. The highest BCUT2D eigenvalue weighted by atomic mass is 35.5. The number of nitrogens with one attached hydrogen (secondary N) is 3. The molecule has 6 aromatic rings. The van der Waals surface area contributed by atoms with Gasteiger partial charge >= 0.3 is 0 Å². The number of anilines is 2. The maximum Gasteiger partial charge on any atom is 0.235 e. The fourth-order valence-electron chi connectivity index (χ4n) is 8.83. The summed E-state index contributed by atoms with van der Waals surface area (Å²) < 4.78 is 33.8. The summed E-state index contributed by atoms with van der Waals surface area (Å²) in [7, 11) is 1.59. The standard InChI is InChI=1S/C27H32N2O5.C23H24N2O3.C3H5ClO/c1-26(2,3)24-12-17-11-19(6-7-21(17)29(24)14-20(30)15-32-4)28-25(31)27(9-10-27)18-5-8-22-23(13-18)34-16-33-22;1-22(2,3)20-11-14-10-16(5-6-17(14)25-20)24-21(26)23(8-9-23)15-4-7-18-19(12-15)28-13-27-18;4-1-3-2-5-3/h5-8,11-13,20,30H,9-10,14-16H2,1-4H3,(H,28,31);4-7,10-12,25H,8-9,13H2,1-3H3,(H,24,26);3H,1-2H2. The number of aromatic nitrogens is 2. The Hall–Kier alpha value is -5.73. The third-order valence-electron chi connectivity index (χ3n) is 13.2. The summed E-state index contributed by atoms with van der Waals surface area (Å²) in [5.74, 6) is 3.59. The highest BCUT2D eigenvalue weighted by Gasteiger charge is 2.52. The zero-order valence-corrected chi connectivity index (χ0v) is 40.1. The van der Waals surface area contributed by atoms with Gasteiger partial charge in [-0.05, 0) is 110 Å². The number of hydrogen-bond donors (Lipinski definition) is 4. The molecule has 67 heavy (non-hydrogen) atoms. The van der Waals surface area contributed by atoms with E-state index in [4.69, 9.17) is 40.0 Å². The van der Waals surface area contributed by atoms with E-state index in [1.54, 1.807) is 7.11 Å². The van der Waals surface area contributed by atoms with Gasteiger partial charge in [-0.2, -0.15) is 0 Å². The van der Waals surface area contributed by atoms with Crippen molar-refractivity contribution >= 4 is 56.6 Å². The van der Waals surface area contributed by atoms with Gasteiger partial charge in [-0.15, -0.1) is 11.6 Å². The SMILES string of the molecule is CC(C)(C)c1cc2cc(NC(=O)C3(c4ccc5c(c4)OCO5)CC3)ccc2[nH]1.COCC(O)Cn1c(C(C)(C)C)cc2cc(NC(=O)C3(c4ccc5c(c4)OCO5)CC3)ccc21.ClCC1CO1. The van der Waals surface area contributed by atoms with Crippen molar-refractivity contribution in [2.45, 2.75) is 108 Å². The van der Waals surface area contributed by atoms with Crippen molar-refractivity contribution in [3.63, 3.8) is 0 Å². The van der Waals surface area contributed by atoms with Gasteiger partial charge in [0, 0.05) is 62.5 Å². The van der Waals surface area contributed by atoms with E-state index in [1.165, 1.54) is 5.69 Å². The van der Waals surface area contributed by atoms with Crippen LogP contribution in [0.5, 0.6) is 23.0 Å². The number of H-pyrrole nitrogens is 1. The first-order valence-corrected chi connectivity index (χ1v) is 23.6. The van der Waals surface area contributed by atoms with Crippen LogP contribution in [0.3, 0.4) is 0 Å². The monoisotopic (exact) mass is 932 g/mol. The average Bonchev–Trinajstić information content (AvgIpc) is 4.26. The summed E-state index contributed by atoms with van der Waals surface area (Å²) in [5, 5.41) is 18.8. The first-order chi connectivity index (χ1) is 32.0. The van der Waals surface area contributed by atoms with E-state index in [-0.39, 0.29) is 42.8 Å². The number of epoxide rings is 1. The number of alkyl halides is 1. The van der Waals surface area contributed by atoms with Crippen molar-refractivity contribution in [3.05, 3.63) is 107 Å². The van der Waals surface area contributed by atoms with Crippen molar-refractivity contribution in [2.75, 3.05) is 50.4 Å². The molecule has 0 spiro atoms. The normalized spacial score (nSPS) is 18.3. The fourth-order valence-corrected chi connectivity index (χ4v) is 9.01. The quantitative estimate of drug-likeness (QED) is 0.0734.